The van der Waals surface area contributed by atoms with E-state index in [1.54, 1.807) is 4.90 Å². The summed E-state index contributed by atoms with van der Waals surface area (Å²) in [5.74, 6) is -1.82. The van der Waals surface area contributed by atoms with Crippen LogP contribution in [0.15, 0.2) is 12.7 Å². The summed E-state index contributed by atoms with van der Waals surface area (Å²) in [6.45, 7) is 6.05. The van der Waals surface area contributed by atoms with Gasteiger partial charge < -0.3 is 21.3 Å². The minimum absolute atomic E-state index is 0.165. The van der Waals surface area contributed by atoms with E-state index in [0.717, 1.165) is 25.7 Å². The average Bonchev–Trinajstić information content (AvgIpc) is 3.26. The molecule has 8 nitrogen and oxygen atoms in total. The first-order valence-corrected chi connectivity index (χ1v) is 11.2. The lowest BCUT2D eigenvalue weighted by atomic mass is 9.83. The fourth-order valence-corrected chi connectivity index (χ4v) is 4.43. The number of ketones is 1. The minimum atomic E-state index is -0.906. The number of likely N-dealkylation sites (tertiary alicyclic amines) is 1. The van der Waals surface area contributed by atoms with E-state index in [-0.39, 0.29) is 24.3 Å². The topological polar surface area (TPSA) is 122 Å². The highest BCUT2D eigenvalue weighted by molar-refractivity contribution is 6.38. The van der Waals surface area contributed by atoms with Crippen molar-refractivity contribution in [2.24, 2.45) is 11.7 Å². The first-order valence-electron chi connectivity index (χ1n) is 11.2. The van der Waals surface area contributed by atoms with E-state index >= 15 is 0 Å². The zero-order valence-corrected chi connectivity index (χ0v) is 18.0. The standard InChI is InChI=1S/C22H36N4O4/c1-3-9-16(19(27)21(29)24-13-4-2)25-20(28)17-12-8-14-26(17)22(30)18(23)15-10-6-5-7-11-15/h4,15-18H,2-3,5-14,23H2,1H3,(H,24,29)(H,25,28)/t16?,17-,18-/m0/s1. The first kappa shape index (κ1) is 24.1. The van der Waals surface area contributed by atoms with Gasteiger partial charge in [-0.05, 0) is 38.0 Å². The van der Waals surface area contributed by atoms with E-state index in [0.29, 0.717) is 32.2 Å². The van der Waals surface area contributed by atoms with Crippen molar-refractivity contribution in [1.82, 2.24) is 15.5 Å². The average molecular weight is 421 g/mol. The smallest absolute Gasteiger partial charge is 0.289 e. The number of hydrogen-bond acceptors (Lipinski definition) is 5. The Morgan fingerprint density at radius 3 is 2.47 bits per heavy atom. The molecule has 0 aromatic rings. The molecule has 8 heteroatoms. The number of rotatable bonds is 10. The molecule has 1 aliphatic heterocycles. The maximum atomic E-state index is 13.0. The summed E-state index contributed by atoms with van der Waals surface area (Å²) < 4.78 is 0. The van der Waals surface area contributed by atoms with Crippen LogP contribution < -0.4 is 16.4 Å². The summed E-state index contributed by atoms with van der Waals surface area (Å²) in [4.78, 5) is 52.0. The zero-order valence-electron chi connectivity index (χ0n) is 18.0. The normalized spacial score (nSPS) is 21.5. The molecule has 0 spiro atoms. The van der Waals surface area contributed by atoms with Gasteiger partial charge in [0.05, 0.1) is 12.1 Å². The fourth-order valence-electron chi connectivity index (χ4n) is 4.43. The monoisotopic (exact) mass is 420 g/mol. The molecule has 3 atom stereocenters. The van der Waals surface area contributed by atoms with Crippen LogP contribution in [0.25, 0.3) is 0 Å². The van der Waals surface area contributed by atoms with Crippen molar-refractivity contribution in [2.75, 3.05) is 13.1 Å². The van der Waals surface area contributed by atoms with Gasteiger partial charge in [0.15, 0.2) is 0 Å². The van der Waals surface area contributed by atoms with Gasteiger partial charge in [0.25, 0.3) is 5.91 Å². The number of amides is 3. The lowest BCUT2D eigenvalue weighted by molar-refractivity contribution is -0.143. The molecule has 0 radical (unpaired) electrons. The van der Waals surface area contributed by atoms with Gasteiger partial charge >= 0.3 is 0 Å². The van der Waals surface area contributed by atoms with E-state index in [9.17, 15) is 19.2 Å². The van der Waals surface area contributed by atoms with E-state index in [2.05, 4.69) is 17.2 Å². The van der Waals surface area contributed by atoms with Crippen LogP contribution in [0.2, 0.25) is 0 Å². The van der Waals surface area contributed by atoms with Crippen molar-refractivity contribution in [3.8, 4) is 0 Å². The zero-order chi connectivity index (χ0) is 22.1. The Labute approximate surface area is 179 Å². The minimum Gasteiger partial charge on any atom is -0.346 e. The SMILES string of the molecule is C=CCNC(=O)C(=O)C(CCC)NC(=O)[C@@H]1CCCN1C(=O)[C@@H](N)C1CCCCC1. The molecule has 30 heavy (non-hydrogen) atoms. The predicted molar refractivity (Wildman–Crippen MR) is 114 cm³/mol. The Morgan fingerprint density at radius 1 is 1.13 bits per heavy atom. The van der Waals surface area contributed by atoms with Gasteiger partial charge in [-0.3, -0.25) is 19.2 Å². The molecule has 1 saturated carbocycles. The van der Waals surface area contributed by atoms with Gasteiger partial charge in [-0.2, -0.15) is 0 Å². The summed E-state index contributed by atoms with van der Waals surface area (Å²) >= 11 is 0. The lowest BCUT2D eigenvalue weighted by Gasteiger charge is -2.32. The van der Waals surface area contributed by atoms with E-state index < -0.39 is 29.8 Å². The molecular formula is C22H36N4O4. The van der Waals surface area contributed by atoms with Gasteiger partial charge in [0, 0.05) is 13.1 Å². The van der Waals surface area contributed by atoms with Crippen molar-refractivity contribution in [3.63, 3.8) is 0 Å². The second kappa shape index (κ2) is 11.8. The van der Waals surface area contributed by atoms with Crippen LogP contribution >= 0.6 is 0 Å². The van der Waals surface area contributed by atoms with Gasteiger partial charge in [0.2, 0.25) is 17.6 Å². The molecular weight excluding hydrogens is 384 g/mol. The summed E-state index contributed by atoms with van der Waals surface area (Å²) in [6.07, 6.45) is 8.97. The van der Waals surface area contributed by atoms with Crippen molar-refractivity contribution < 1.29 is 19.2 Å². The molecule has 1 saturated heterocycles. The third-order valence-corrected chi connectivity index (χ3v) is 6.12. The van der Waals surface area contributed by atoms with E-state index in [4.69, 9.17) is 5.73 Å². The highest BCUT2D eigenvalue weighted by Crippen LogP contribution is 2.28. The molecule has 0 bridgehead atoms. The van der Waals surface area contributed by atoms with Crippen LogP contribution in [0.1, 0.15) is 64.7 Å². The summed E-state index contributed by atoms with van der Waals surface area (Å²) in [5.41, 5.74) is 6.28. The summed E-state index contributed by atoms with van der Waals surface area (Å²) in [5, 5.41) is 5.16. The molecule has 2 rings (SSSR count). The highest BCUT2D eigenvalue weighted by atomic mass is 16.2. The number of nitrogens with zero attached hydrogens (tertiary/aromatic N) is 1. The number of nitrogens with one attached hydrogen (secondary N) is 2. The molecule has 1 heterocycles. The van der Waals surface area contributed by atoms with Crippen molar-refractivity contribution >= 4 is 23.5 Å². The van der Waals surface area contributed by atoms with Crippen LogP contribution in [-0.2, 0) is 19.2 Å². The predicted octanol–water partition coefficient (Wildman–Crippen LogP) is 1.04. The molecule has 2 fully saturated rings. The van der Waals surface area contributed by atoms with Crippen molar-refractivity contribution in [3.05, 3.63) is 12.7 Å². The third-order valence-electron chi connectivity index (χ3n) is 6.12. The second-order valence-electron chi connectivity index (χ2n) is 8.33. The van der Waals surface area contributed by atoms with Gasteiger partial charge in [-0.1, -0.05) is 38.7 Å². The Hall–Kier alpha value is -2.22. The Bertz CT molecular complexity index is 645. The van der Waals surface area contributed by atoms with Crippen LogP contribution in [0.5, 0.6) is 0 Å². The highest BCUT2D eigenvalue weighted by Gasteiger charge is 2.39. The maximum absolute atomic E-state index is 13.0. The maximum Gasteiger partial charge on any atom is 0.289 e. The van der Waals surface area contributed by atoms with E-state index in [1.165, 1.54) is 12.5 Å². The first-order chi connectivity index (χ1) is 14.4. The number of Topliss-reactive ketones (excluding diaryl/α,β-unsaturated/α-hetero) is 1. The quantitative estimate of drug-likeness (QED) is 0.360. The molecule has 0 aromatic carbocycles. The summed E-state index contributed by atoms with van der Waals surface area (Å²) in [7, 11) is 0. The molecule has 1 aliphatic carbocycles. The van der Waals surface area contributed by atoms with Gasteiger partial charge in [-0.25, -0.2) is 0 Å². The van der Waals surface area contributed by atoms with Gasteiger partial charge in [-0.15, -0.1) is 6.58 Å². The van der Waals surface area contributed by atoms with Crippen LogP contribution in [0, 0.1) is 5.92 Å². The number of carbonyl (C=O) groups excluding carboxylic acids is 4. The lowest BCUT2D eigenvalue weighted by Crippen LogP contribution is -2.56. The van der Waals surface area contributed by atoms with Gasteiger partial charge in [0.1, 0.15) is 6.04 Å². The number of hydrogen-bond donors (Lipinski definition) is 3. The Balaban J connectivity index is 2.01. The Morgan fingerprint density at radius 2 is 1.83 bits per heavy atom. The van der Waals surface area contributed by atoms with E-state index in [1.807, 2.05) is 6.92 Å². The molecule has 4 N–H and O–H groups in total. The van der Waals surface area contributed by atoms with Crippen molar-refractivity contribution in [1.29, 1.82) is 0 Å². The molecule has 0 aromatic heterocycles. The van der Waals surface area contributed by atoms with Crippen LogP contribution in [0.4, 0.5) is 0 Å². The second-order valence-corrected chi connectivity index (χ2v) is 8.33. The molecule has 2 aliphatic rings. The third kappa shape index (κ3) is 6.14. The molecule has 3 amide bonds. The van der Waals surface area contributed by atoms with Crippen molar-refractivity contribution in [2.45, 2.75) is 82.8 Å². The molecule has 168 valence electrons. The van der Waals surface area contributed by atoms with Crippen LogP contribution in [-0.4, -0.2) is 59.6 Å². The number of carbonyl (C=O) groups is 4. The Kier molecular flexibility index (Phi) is 9.49. The van der Waals surface area contributed by atoms with Crippen LogP contribution in [0.3, 0.4) is 0 Å². The summed E-state index contributed by atoms with van der Waals surface area (Å²) in [6, 6.07) is -2.14. The fraction of sp³-hybridized carbons (Fsp3) is 0.727. The largest absolute Gasteiger partial charge is 0.346 e. The number of nitrogens with two attached hydrogens (primary N) is 1. The molecule has 1 unspecified atom stereocenters.